The third-order valence-corrected chi connectivity index (χ3v) is 12.1. The van der Waals surface area contributed by atoms with E-state index < -0.39 is 23.8 Å². The first-order valence-electron chi connectivity index (χ1n) is 27.5. The molecule has 0 aromatic rings. The maximum absolute atomic E-state index is 13.2. The van der Waals surface area contributed by atoms with E-state index in [9.17, 15) is 14.4 Å². The summed E-state index contributed by atoms with van der Waals surface area (Å²) >= 11 is 0. The molecule has 0 rings (SSSR count). The maximum Gasteiger partial charge on any atom is 0.310 e. The van der Waals surface area contributed by atoms with E-state index in [-0.39, 0.29) is 12.8 Å². The first-order chi connectivity index (χ1) is 31.0. The van der Waals surface area contributed by atoms with Crippen LogP contribution in [0.15, 0.2) is 36.5 Å². The van der Waals surface area contributed by atoms with Crippen molar-refractivity contribution in [2.75, 3.05) is 19.8 Å². The molecule has 0 N–H and O–H groups in total. The molecule has 0 unspecified atom stereocenters. The summed E-state index contributed by atoms with van der Waals surface area (Å²) in [4.78, 5) is 38.8. The summed E-state index contributed by atoms with van der Waals surface area (Å²) in [5, 5.41) is 0. The van der Waals surface area contributed by atoms with Crippen molar-refractivity contribution in [3.05, 3.63) is 36.5 Å². The van der Waals surface area contributed by atoms with Gasteiger partial charge in [0.2, 0.25) is 0 Å². The van der Waals surface area contributed by atoms with Crippen molar-refractivity contribution in [1.82, 2.24) is 0 Å². The smallest absolute Gasteiger partial charge is 0.310 e. The van der Waals surface area contributed by atoms with Crippen LogP contribution in [0.1, 0.15) is 284 Å². The van der Waals surface area contributed by atoms with Crippen molar-refractivity contribution in [2.24, 2.45) is 5.92 Å². The molecule has 0 aromatic carbocycles. The zero-order valence-electron chi connectivity index (χ0n) is 42.1. The molecule has 0 atom stereocenters. The predicted molar refractivity (Wildman–Crippen MR) is 270 cm³/mol. The lowest BCUT2D eigenvalue weighted by Crippen LogP contribution is -2.26. The normalized spacial score (nSPS) is 11.8. The van der Waals surface area contributed by atoms with Gasteiger partial charge in [0.05, 0.1) is 38.6 Å². The molecule has 6 heteroatoms. The second-order valence-corrected chi connectivity index (χ2v) is 18.5. The summed E-state index contributed by atoms with van der Waals surface area (Å²) in [5.74, 6) is -2.27. The molecule has 63 heavy (non-hydrogen) atoms. The number of unbranched alkanes of at least 4 members (excludes halogenated alkanes) is 33. The first kappa shape index (κ1) is 60.6. The van der Waals surface area contributed by atoms with Crippen molar-refractivity contribution in [2.45, 2.75) is 284 Å². The minimum Gasteiger partial charge on any atom is -0.466 e. The molecule has 0 heterocycles. The van der Waals surface area contributed by atoms with E-state index in [0.717, 1.165) is 77.0 Å². The van der Waals surface area contributed by atoms with Crippen molar-refractivity contribution in [3.8, 4) is 0 Å². The van der Waals surface area contributed by atoms with E-state index in [0.29, 0.717) is 19.8 Å². The molecule has 0 amide bonds. The van der Waals surface area contributed by atoms with Crippen LogP contribution in [0, 0.1) is 5.92 Å². The quantitative estimate of drug-likeness (QED) is 0.0199. The maximum atomic E-state index is 13.2. The average molecular weight is 897 g/mol. The van der Waals surface area contributed by atoms with Gasteiger partial charge in [-0.3, -0.25) is 14.4 Å². The van der Waals surface area contributed by atoms with Crippen molar-refractivity contribution >= 4 is 17.9 Å². The minimum absolute atomic E-state index is 0.154. The molecular weight excluding hydrogens is 793 g/mol. The van der Waals surface area contributed by atoms with Gasteiger partial charge in [-0.2, -0.15) is 0 Å². The lowest BCUT2D eigenvalue weighted by Gasteiger charge is -2.15. The number of ether oxygens (including phenoxy) is 3. The minimum atomic E-state index is -0.878. The summed E-state index contributed by atoms with van der Waals surface area (Å²) in [6.45, 7) is 7.78. The Bertz CT molecular complexity index is 1010. The fraction of sp³-hybridized carbons (Fsp3) is 0.842. The van der Waals surface area contributed by atoms with Crippen molar-refractivity contribution in [3.63, 3.8) is 0 Å². The third kappa shape index (κ3) is 48.9. The Morgan fingerprint density at radius 2 is 0.524 bits per heavy atom. The molecule has 0 aliphatic rings. The van der Waals surface area contributed by atoms with Gasteiger partial charge in [-0.25, -0.2) is 0 Å². The zero-order valence-corrected chi connectivity index (χ0v) is 42.1. The lowest BCUT2D eigenvalue weighted by atomic mass is 10.0. The summed E-state index contributed by atoms with van der Waals surface area (Å²) in [6, 6.07) is 0. The van der Waals surface area contributed by atoms with Gasteiger partial charge < -0.3 is 14.2 Å². The van der Waals surface area contributed by atoms with Gasteiger partial charge in [0.25, 0.3) is 0 Å². The number of carbonyl (C=O) groups excluding carboxylic acids is 3. The Labute approximate surface area is 391 Å². The highest BCUT2D eigenvalue weighted by Crippen LogP contribution is 2.17. The average Bonchev–Trinajstić information content (AvgIpc) is 3.28. The van der Waals surface area contributed by atoms with Crippen LogP contribution >= 0.6 is 0 Å². The van der Waals surface area contributed by atoms with Crippen LogP contribution in [-0.4, -0.2) is 37.7 Å². The predicted octanol–water partition coefficient (Wildman–Crippen LogP) is 18.0. The van der Waals surface area contributed by atoms with Crippen LogP contribution in [0.25, 0.3) is 0 Å². The van der Waals surface area contributed by atoms with E-state index >= 15 is 0 Å². The lowest BCUT2D eigenvalue weighted by molar-refractivity contribution is -0.159. The van der Waals surface area contributed by atoms with E-state index in [4.69, 9.17) is 14.2 Å². The van der Waals surface area contributed by atoms with Gasteiger partial charge in [0.1, 0.15) is 0 Å². The number of esters is 3. The van der Waals surface area contributed by atoms with Gasteiger partial charge >= 0.3 is 17.9 Å². The SMILES string of the molecule is CCCCCCCC/C=C/[13CH2][13CH2]CCC[13CH2][13CH2]OC(=O)CC(CC(=O)O[13CH2][13CH2]CCC[13CH2][13CH2]/C=C/CCCCCCCC)C(=O)O[13CH2][13CH2]CCC[13CH2][13CH2]/C=C/CCCCCCCC. The standard InChI is InChI=1S/C57H104O6/c1-4-7-10-13-16-19-22-25-28-31-34-37-40-43-46-49-61-55(58)52-54(57(60)63-51-48-45-42-39-36-33-30-27-24-21-18-15-12-9-6-3)53-56(59)62-50-47-44-41-38-35-32-29-26-23-20-17-14-11-8-5-2/h25-30,54H,4-24,31-53H2,1-3H3/b28-25+,29-26+,30-27+/i31+1,32+1,33+1,34+1,35+1,36+1,46+1,47+1,48+1,49+1,50+1,51+1. The summed E-state index contributed by atoms with van der Waals surface area (Å²) in [6.07, 6.45) is 60.8. The molecule has 0 aliphatic heterocycles. The first-order valence-corrected chi connectivity index (χ1v) is 27.5. The molecule has 0 fully saturated rings. The Kier molecular flexibility index (Phi) is 50.3. The van der Waals surface area contributed by atoms with Crippen LogP contribution in [0.3, 0.4) is 0 Å². The molecule has 0 saturated heterocycles. The fourth-order valence-electron chi connectivity index (χ4n) is 7.94. The molecular formula is C57H104O6. The number of rotatable bonds is 50. The van der Waals surface area contributed by atoms with E-state index in [1.165, 1.54) is 173 Å². The van der Waals surface area contributed by atoms with Gasteiger partial charge in [0.15, 0.2) is 0 Å². The molecule has 6 nitrogen and oxygen atoms in total. The Balaban J connectivity index is 4.41. The highest BCUT2D eigenvalue weighted by Gasteiger charge is 2.28. The van der Waals surface area contributed by atoms with Gasteiger partial charge in [-0.1, -0.05) is 211 Å². The topological polar surface area (TPSA) is 78.9 Å². The Morgan fingerprint density at radius 3 is 0.794 bits per heavy atom. The van der Waals surface area contributed by atoms with Gasteiger partial charge in [-0.05, 0) is 96.3 Å². The largest absolute Gasteiger partial charge is 0.466 e. The summed E-state index contributed by atoms with van der Waals surface area (Å²) < 4.78 is 16.7. The van der Waals surface area contributed by atoms with Crippen LogP contribution in [0.5, 0.6) is 0 Å². The second kappa shape index (κ2) is 52.3. The summed E-state index contributed by atoms with van der Waals surface area (Å²) in [7, 11) is 0. The molecule has 0 radical (unpaired) electrons. The number of hydrogen-bond acceptors (Lipinski definition) is 6. The highest BCUT2D eigenvalue weighted by atomic mass is 16.6. The van der Waals surface area contributed by atoms with Gasteiger partial charge in [0, 0.05) is 0 Å². The zero-order chi connectivity index (χ0) is 45.8. The summed E-state index contributed by atoms with van der Waals surface area (Å²) in [5.41, 5.74) is 0. The number of allylic oxidation sites excluding steroid dienone is 6. The Hall–Kier alpha value is -2.37. The van der Waals surface area contributed by atoms with E-state index in [1.807, 2.05) is 0 Å². The fourth-order valence-corrected chi connectivity index (χ4v) is 7.94. The molecule has 0 aliphatic carbocycles. The molecule has 368 valence electrons. The molecule has 0 saturated carbocycles. The highest BCUT2D eigenvalue weighted by molar-refractivity contribution is 5.84. The monoisotopic (exact) mass is 897 g/mol. The van der Waals surface area contributed by atoms with Crippen LogP contribution in [-0.2, 0) is 28.6 Å². The molecule has 0 bridgehead atoms. The van der Waals surface area contributed by atoms with Crippen LogP contribution < -0.4 is 0 Å². The molecule has 0 spiro atoms. The number of carbonyl (C=O) groups is 3. The van der Waals surface area contributed by atoms with Crippen LogP contribution in [0.2, 0.25) is 0 Å². The van der Waals surface area contributed by atoms with E-state index in [1.54, 1.807) is 0 Å². The second-order valence-electron chi connectivity index (χ2n) is 18.5. The van der Waals surface area contributed by atoms with E-state index in [2.05, 4.69) is 57.2 Å². The molecule has 0 aromatic heterocycles. The van der Waals surface area contributed by atoms with Crippen LogP contribution in [0.4, 0.5) is 0 Å². The number of hydrogen-bond donors (Lipinski definition) is 0. The third-order valence-electron chi connectivity index (χ3n) is 12.1. The van der Waals surface area contributed by atoms with Crippen molar-refractivity contribution in [1.29, 1.82) is 0 Å². The van der Waals surface area contributed by atoms with Gasteiger partial charge in [-0.15, -0.1) is 0 Å². The van der Waals surface area contributed by atoms with Crippen molar-refractivity contribution < 1.29 is 28.6 Å². The Morgan fingerprint density at radius 1 is 0.302 bits per heavy atom.